The summed E-state index contributed by atoms with van der Waals surface area (Å²) in [5.41, 5.74) is 1.27. The van der Waals surface area contributed by atoms with Crippen molar-refractivity contribution in [3.8, 4) is 0 Å². The topological polar surface area (TPSA) is 35.6 Å². The Kier molecular flexibility index (Phi) is 7.77. The molecule has 0 radical (unpaired) electrons. The Morgan fingerprint density at radius 3 is 2.64 bits per heavy atom. The molecule has 2 rings (SSSR count). The van der Waals surface area contributed by atoms with Gasteiger partial charge in [-0.1, -0.05) is 30.3 Å². The Bertz CT molecular complexity index is 433. The molecule has 1 aliphatic heterocycles. The minimum absolute atomic E-state index is 0.152. The number of carbonyl (C=O) groups excluding carboxylic acids is 1. The van der Waals surface area contributed by atoms with Crippen LogP contribution in [0.5, 0.6) is 0 Å². The highest BCUT2D eigenvalue weighted by molar-refractivity contribution is 7.99. The zero-order valence-corrected chi connectivity index (χ0v) is 14.3. The van der Waals surface area contributed by atoms with Crippen LogP contribution in [-0.4, -0.2) is 67.8 Å². The molecule has 1 saturated heterocycles. The third-order valence-corrected chi connectivity index (χ3v) is 4.92. The summed E-state index contributed by atoms with van der Waals surface area (Å²) in [6.45, 7) is 6.49. The lowest BCUT2D eigenvalue weighted by atomic mass is 10.2. The van der Waals surface area contributed by atoms with E-state index in [9.17, 15) is 4.79 Å². The van der Waals surface area contributed by atoms with Gasteiger partial charge in [-0.25, -0.2) is 0 Å². The van der Waals surface area contributed by atoms with E-state index in [1.54, 1.807) is 11.8 Å². The van der Waals surface area contributed by atoms with Crippen LogP contribution in [0.4, 0.5) is 0 Å². The average Bonchev–Trinajstić information content (AvgIpc) is 2.54. The Morgan fingerprint density at radius 1 is 1.18 bits per heavy atom. The lowest BCUT2D eigenvalue weighted by Gasteiger charge is -2.32. The molecule has 4 nitrogen and oxygen atoms in total. The molecule has 1 aromatic carbocycles. The van der Waals surface area contributed by atoms with Crippen LogP contribution >= 0.6 is 11.8 Å². The van der Waals surface area contributed by atoms with Gasteiger partial charge in [0.15, 0.2) is 0 Å². The summed E-state index contributed by atoms with van der Waals surface area (Å²) in [4.78, 5) is 16.6. The molecule has 122 valence electrons. The minimum Gasteiger partial charge on any atom is -0.355 e. The summed E-state index contributed by atoms with van der Waals surface area (Å²) in [5, 5.41) is 3.02. The number of carbonyl (C=O) groups is 1. The molecule has 0 atom stereocenters. The molecule has 0 spiro atoms. The fraction of sp³-hybridized carbons (Fsp3) is 0.588. The third-order valence-electron chi connectivity index (χ3n) is 3.91. The van der Waals surface area contributed by atoms with Crippen LogP contribution in [0.1, 0.15) is 12.0 Å². The van der Waals surface area contributed by atoms with Crippen LogP contribution in [0, 0.1) is 0 Å². The molecule has 0 bridgehead atoms. The van der Waals surface area contributed by atoms with Crippen molar-refractivity contribution in [2.45, 2.75) is 12.2 Å². The summed E-state index contributed by atoms with van der Waals surface area (Å²) >= 11 is 1.67. The number of amides is 1. The second kappa shape index (κ2) is 9.87. The first-order valence-corrected chi connectivity index (χ1v) is 9.19. The molecular formula is C17H27N3OS. The van der Waals surface area contributed by atoms with E-state index in [1.807, 2.05) is 18.2 Å². The molecule has 1 heterocycles. The molecule has 0 aromatic heterocycles. The van der Waals surface area contributed by atoms with Gasteiger partial charge in [0.05, 0.1) is 5.75 Å². The van der Waals surface area contributed by atoms with E-state index < -0.39 is 0 Å². The van der Waals surface area contributed by atoms with Crippen LogP contribution in [0.3, 0.4) is 0 Å². The first-order valence-electron chi connectivity index (χ1n) is 8.03. The fourth-order valence-corrected chi connectivity index (χ4v) is 3.31. The third kappa shape index (κ3) is 6.81. The number of nitrogens with zero attached hydrogens (tertiary/aromatic N) is 2. The van der Waals surface area contributed by atoms with E-state index >= 15 is 0 Å². The zero-order chi connectivity index (χ0) is 15.6. The first-order chi connectivity index (χ1) is 10.7. The lowest BCUT2D eigenvalue weighted by molar-refractivity contribution is -0.118. The van der Waals surface area contributed by atoms with Gasteiger partial charge in [-0.3, -0.25) is 4.79 Å². The first kappa shape index (κ1) is 17.3. The number of piperazine rings is 1. The molecule has 22 heavy (non-hydrogen) atoms. The molecule has 1 amide bonds. The van der Waals surface area contributed by atoms with E-state index in [1.165, 1.54) is 5.56 Å². The van der Waals surface area contributed by atoms with Gasteiger partial charge >= 0.3 is 0 Å². The van der Waals surface area contributed by atoms with Gasteiger partial charge in [0, 0.05) is 38.5 Å². The Hall–Kier alpha value is -1.04. The van der Waals surface area contributed by atoms with Crippen LogP contribution < -0.4 is 5.32 Å². The van der Waals surface area contributed by atoms with E-state index in [2.05, 4.69) is 34.3 Å². The van der Waals surface area contributed by atoms with Crippen molar-refractivity contribution in [3.63, 3.8) is 0 Å². The number of hydrogen-bond donors (Lipinski definition) is 1. The molecule has 1 aromatic rings. The van der Waals surface area contributed by atoms with Crippen LogP contribution in [0.2, 0.25) is 0 Å². The van der Waals surface area contributed by atoms with Crippen molar-refractivity contribution in [2.75, 3.05) is 52.1 Å². The van der Waals surface area contributed by atoms with Crippen molar-refractivity contribution in [1.82, 2.24) is 15.1 Å². The fourth-order valence-electron chi connectivity index (χ4n) is 2.49. The highest BCUT2D eigenvalue weighted by Crippen LogP contribution is 2.10. The number of hydrogen-bond acceptors (Lipinski definition) is 4. The number of thioether (sulfide) groups is 1. The molecule has 0 aliphatic carbocycles. The summed E-state index contributed by atoms with van der Waals surface area (Å²) in [5.74, 6) is 1.60. The summed E-state index contributed by atoms with van der Waals surface area (Å²) < 4.78 is 0. The number of rotatable bonds is 8. The van der Waals surface area contributed by atoms with Crippen molar-refractivity contribution < 1.29 is 4.79 Å². The van der Waals surface area contributed by atoms with E-state index in [4.69, 9.17) is 0 Å². The largest absolute Gasteiger partial charge is 0.355 e. The number of likely N-dealkylation sites (N-methyl/N-ethyl adjacent to an activating group) is 1. The molecule has 1 aliphatic rings. The van der Waals surface area contributed by atoms with Gasteiger partial charge in [0.1, 0.15) is 0 Å². The monoisotopic (exact) mass is 321 g/mol. The normalized spacial score (nSPS) is 16.6. The minimum atomic E-state index is 0.152. The number of benzene rings is 1. The zero-order valence-electron chi connectivity index (χ0n) is 13.5. The van der Waals surface area contributed by atoms with Gasteiger partial charge < -0.3 is 15.1 Å². The van der Waals surface area contributed by atoms with Crippen molar-refractivity contribution >= 4 is 17.7 Å². The Morgan fingerprint density at radius 2 is 1.91 bits per heavy atom. The highest BCUT2D eigenvalue weighted by Gasteiger charge is 2.12. The highest BCUT2D eigenvalue weighted by atomic mass is 32.2. The van der Waals surface area contributed by atoms with E-state index in [-0.39, 0.29) is 5.91 Å². The quantitative estimate of drug-likeness (QED) is 0.739. The summed E-state index contributed by atoms with van der Waals surface area (Å²) in [6, 6.07) is 10.3. The molecule has 1 N–H and O–H groups in total. The summed E-state index contributed by atoms with van der Waals surface area (Å²) in [7, 11) is 2.17. The van der Waals surface area contributed by atoms with Gasteiger partial charge in [-0.05, 0) is 25.6 Å². The lowest BCUT2D eigenvalue weighted by Crippen LogP contribution is -2.45. The smallest absolute Gasteiger partial charge is 0.230 e. The molecular weight excluding hydrogens is 294 g/mol. The maximum Gasteiger partial charge on any atom is 0.230 e. The SMILES string of the molecule is CN1CCN(CCCNC(=O)CSCc2ccccc2)CC1. The van der Waals surface area contributed by atoms with Gasteiger partial charge in [0.25, 0.3) is 0 Å². The predicted molar refractivity (Wildman–Crippen MR) is 94.2 cm³/mol. The van der Waals surface area contributed by atoms with E-state index in [0.717, 1.165) is 51.4 Å². The summed E-state index contributed by atoms with van der Waals surface area (Å²) in [6.07, 6.45) is 1.04. The average molecular weight is 321 g/mol. The van der Waals surface area contributed by atoms with Crippen LogP contribution in [-0.2, 0) is 10.5 Å². The Labute approximate surface area is 138 Å². The van der Waals surface area contributed by atoms with Crippen molar-refractivity contribution in [2.24, 2.45) is 0 Å². The predicted octanol–water partition coefficient (Wildman–Crippen LogP) is 1.67. The van der Waals surface area contributed by atoms with Gasteiger partial charge in [-0.15, -0.1) is 11.8 Å². The van der Waals surface area contributed by atoms with Crippen LogP contribution in [0.15, 0.2) is 30.3 Å². The van der Waals surface area contributed by atoms with Crippen LogP contribution in [0.25, 0.3) is 0 Å². The molecule has 0 unspecified atom stereocenters. The Balaban J connectivity index is 1.47. The maximum atomic E-state index is 11.8. The van der Waals surface area contributed by atoms with Crippen molar-refractivity contribution in [1.29, 1.82) is 0 Å². The van der Waals surface area contributed by atoms with Gasteiger partial charge in [0.2, 0.25) is 5.91 Å². The number of nitrogens with one attached hydrogen (secondary N) is 1. The van der Waals surface area contributed by atoms with Crippen molar-refractivity contribution in [3.05, 3.63) is 35.9 Å². The molecule has 1 fully saturated rings. The second-order valence-electron chi connectivity index (χ2n) is 5.83. The second-order valence-corrected chi connectivity index (χ2v) is 6.81. The molecule has 0 saturated carbocycles. The van der Waals surface area contributed by atoms with Gasteiger partial charge in [-0.2, -0.15) is 0 Å². The standard InChI is InChI=1S/C17H27N3OS/c1-19-10-12-20(13-11-19)9-5-8-18-17(21)15-22-14-16-6-3-2-4-7-16/h2-4,6-7H,5,8-15H2,1H3,(H,18,21). The molecule has 5 heteroatoms. The maximum absolute atomic E-state index is 11.8. The van der Waals surface area contributed by atoms with E-state index in [0.29, 0.717) is 5.75 Å².